The average molecular weight is 239 g/mol. The van der Waals surface area contributed by atoms with Crippen molar-refractivity contribution in [3.8, 4) is 5.95 Å². The minimum atomic E-state index is 0.547. The highest BCUT2D eigenvalue weighted by Crippen LogP contribution is 2.18. The zero-order valence-electron chi connectivity index (χ0n) is 10.3. The van der Waals surface area contributed by atoms with E-state index in [0.717, 1.165) is 22.3 Å². The Morgan fingerprint density at radius 1 is 1.17 bits per heavy atom. The van der Waals surface area contributed by atoms with Gasteiger partial charge in [0, 0.05) is 11.6 Å². The topological polar surface area (TPSA) is 69.6 Å². The van der Waals surface area contributed by atoms with Gasteiger partial charge < -0.3 is 5.73 Å². The molecule has 0 unspecified atom stereocenters. The van der Waals surface area contributed by atoms with Crippen molar-refractivity contribution in [3.63, 3.8) is 0 Å². The molecule has 5 heteroatoms. The molecule has 0 spiro atoms. The molecule has 18 heavy (non-hydrogen) atoms. The van der Waals surface area contributed by atoms with Crippen molar-refractivity contribution in [3.05, 3.63) is 41.9 Å². The molecular weight excluding hydrogens is 226 g/mol. The van der Waals surface area contributed by atoms with Gasteiger partial charge in [0.25, 0.3) is 5.95 Å². The number of nitrogens with two attached hydrogens (primary N) is 1. The van der Waals surface area contributed by atoms with Crippen LogP contribution in [0.2, 0.25) is 0 Å². The van der Waals surface area contributed by atoms with E-state index in [2.05, 4.69) is 15.1 Å². The lowest BCUT2D eigenvalue weighted by molar-refractivity contribution is 0.780. The maximum absolute atomic E-state index is 5.91. The van der Waals surface area contributed by atoms with Crippen molar-refractivity contribution >= 4 is 16.6 Å². The van der Waals surface area contributed by atoms with Gasteiger partial charge >= 0.3 is 0 Å². The third-order valence-corrected chi connectivity index (χ3v) is 3.01. The Hall–Kier alpha value is -2.43. The molecule has 2 aromatic heterocycles. The molecule has 3 rings (SSSR count). The number of hydrogen-bond acceptors (Lipinski definition) is 4. The average Bonchev–Trinajstić information content (AvgIpc) is 2.66. The highest BCUT2D eigenvalue weighted by molar-refractivity contribution is 5.77. The standard InChI is InChI=1S/C13H13N5/c1-8-12(14)9(2)18(17-8)13-15-7-10-5-3-4-6-11(10)16-13/h3-7H,14H2,1-2H3. The molecule has 0 radical (unpaired) electrons. The summed E-state index contributed by atoms with van der Waals surface area (Å²) in [5.74, 6) is 0.547. The van der Waals surface area contributed by atoms with Crippen LogP contribution < -0.4 is 5.73 Å². The lowest BCUT2D eigenvalue weighted by Crippen LogP contribution is -2.05. The molecule has 0 atom stereocenters. The van der Waals surface area contributed by atoms with Gasteiger partial charge in [-0.25, -0.2) is 14.6 Å². The van der Waals surface area contributed by atoms with E-state index in [1.165, 1.54) is 0 Å². The number of aryl methyl sites for hydroxylation is 1. The molecule has 0 aliphatic heterocycles. The molecule has 2 heterocycles. The molecule has 3 aromatic rings. The van der Waals surface area contributed by atoms with Crippen LogP contribution in [0.3, 0.4) is 0 Å². The van der Waals surface area contributed by atoms with E-state index < -0.39 is 0 Å². The molecule has 0 fully saturated rings. The van der Waals surface area contributed by atoms with E-state index in [9.17, 15) is 0 Å². The highest BCUT2D eigenvalue weighted by atomic mass is 15.4. The molecule has 0 saturated heterocycles. The molecule has 5 nitrogen and oxygen atoms in total. The van der Waals surface area contributed by atoms with Crippen LogP contribution in [0.4, 0.5) is 5.69 Å². The quantitative estimate of drug-likeness (QED) is 0.705. The minimum Gasteiger partial charge on any atom is -0.396 e. The summed E-state index contributed by atoms with van der Waals surface area (Å²) >= 11 is 0. The van der Waals surface area contributed by atoms with Crippen LogP contribution in [0.5, 0.6) is 0 Å². The number of anilines is 1. The predicted octanol–water partition coefficient (Wildman–Crippen LogP) is 2.01. The first-order chi connectivity index (χ1) is 8.66. The van der Waals surface area contributed by atoms with Crippen LogP contribution in [0.15, 0.2) is 30.5 Å². The van der Waals surface area contributed by atoms with Gasteiger partial charge in [-0.2, -0.15) is 5.10 Å². The number of para-hydroxylation sites is 1. The van der Waals surface area contributed by atoms with Gasteiger partial charge in [-0.3, -0.25) is 0 Å². The number of nitrogens with zero attached hydrogens (tertiary/aromatic N) is 4. The molecular formula is C13H13N5. The van der Waals surface area contributed by atoms with Gasteiger partial charge in [0.15, 0.2) is 0 Å². The van der Waals surface area contributed by atoms with E-state index in [1.54, 1.807) is 10.9 Å². The fourth-order valence-electron chi connectivity index (χ4n) is 1.91. The number of nitrogen functional groups attached to an aromatic ring is 1. The first-order valence-electron chi connectivity index (χ1n) is 5.70. The second-order valence-corrected chi connectivity index (χ2v) is 4.23. The number of aromatic nitrogens is 4. The Labute approximate surface area is 104 Å². The second kappa shape index (κ2) is 3.80. The Morgan fingerprint density at radius 2 is 1.94 bits per heavy atom. The number of fused-ring (bicyclic) bond motifs is 1. The lowest BCUT2D eigenvalue weighted by atomic mass is 10.2. The minimum absolute atomic E-state index is 0.547. The SMILES string of the molecule is Cc1nn(-c2ncc3ccccc3n2)c(C)c1N. The normalized spacial score (nSPS) is 11.0. The Morgan fingerprint density at radius 3 is 2.67 bits per heavy atom. The number of hydrogen-bond donors (Lipinski definition) is 1. The Balaban J connectivity index is 2.22. The van der Waals surface area contributed by atoms with Gasteiger partial charge in [-0.15, -0.1) is 0 Å². The molecule has 0 aliphatic carbocycles. The third-order valence-electron chi connectivity index (χ3n) is 3.01. The van der Waals surface area contributed by atoms with Crippen molar-refractivity contribution < 1.29 is 0 Å². The van der Waals surface area contributed by atoms with E-state index in [0.29, 0.717) is 11.6 Å². The van der Waals surface area contributed by atoms with Gasteiger partial charge in [0.05, 0.1) is 22.6 Å². The van der Waals surface area contributed by atoms with Crippen LogP contribution >= 0.6 is 0 Å². The lowest BCUT2D eigenvalue weighted by Gasteiger charge is -2.03. The third kappa shape index (κ3) is 1.52. The van der Waals surface area contributed by atoms with Crippen LogP contribution in [-0.2, 0) is 0 Å². The fourth-order valence-corrected chi connectivity index (χ4v) is 1.91. The monoisotopic (exact) mass is 239 g/mol. The summed E-state index contributed by atoms with van der Waals surface area (Å²) < 4.78 is 1.68. The predicted molar refractivity (Wildman–Crippen MR) is 70.5 cm³/mol. The summed E-state index contributed by atoms with van der Waals surface area (Å²) in [5.41, 5.74) is 9.16. The maximum Gasteiger partial charge on any atom is 0.251 e. The van der Waals surface area contributed by atoms with E-state index in [4.69, 9.17) is 5.73 Å². The summed E-state index contributed by atoms with van der Waals surface area (Å²) in [6.07, 6.45) is 1.80. The zero-order chi connectivity index (χ0) is 12.7. The van der Waals surface area contributed by atoms with Crippen molar-refractivity contribution in [1.82, 2.24) is 19.7 Å². The highest BCUT2D eigenvalue weighted by Gasteiger charge is 2.11. The molecule has 0 saturated carbocycles. The Kier molecular flexibility index (Phi) is 2.26. The van der Waals surface area contributed by atoms with Crippen LogP contribution in [-0.4, -0.2) is 19.7 Å². The zero-order valence-corrected chi connectivity index (χ0v) is 10.3. The van der Waals surface area contributed by atoms with Gasteiger partial charge in [0.1, 0.15) is 0 Å². The summed E-state index contributed by atoms with van der Waals surface area (Å²) in [5, 5.41) is 5.36. The molecule has 1 aromatic carbocycles. The summed E-state index contributed by atoms with van der Waals surface area (Å²) in [6.45, 7) is 3.79. The number of rotatable bonds is 1. The molecule has 0 bridgehead atoms. The van der Waals surface area contributed by atoms with Crippen molar-refractivity contribution in [2.45, 2.75) is 13.8 Å². The van der Waals surface area contributed by atoms with Crippen molar-refractivity contribution in [1.29, 1.82) is 0 Å². The summed E-state index contributed by atoms with van der Waals surface area (Å²) in [7, 11) is 0. The van der Waals surface area contributed by atoms with Crippen LogP contribution in [0.1, 0.15) is 11.4 Å². The van der Waals surface area contributed by atoms with Crippen molar-refractivity contribution in [2.24, 2.45) is 0 Å². The molecule has 0 amide bonds. The number of benzene rings is 1. The fraction of sp³-hybridized carbons (Fsp3) is 0.154. The first kappa shape index (κ1) is 10.7. The molecule has 2 N–H and O–H groups in total. The summed E-state index contributed by atoms with van der Waals surface area (Å²) in [4.78, 5) is 8.82. The Bertz CT molecular complexity index is 729. The maximum atomic E-state index is 5.91. The van der Waals surface area contributed by atoms with Gasteiger partial charge in [-0.1, -0.05) is 18.2 Å². The van der Waals surface area contributed by atoms with E-state index >= 15 is 0 Å². The second-order valence-electron chi connectivity index (χ2n) is 4.23. The largest absolute Gasteiger partial charge is 0.396 e. The van der Waals surface area contributed by atoms with Crippen molar-refractivity contribution in [2.75, 3.05) is 5.73 Å². The van der Waals surface area contributed by atoms with E-state index in [1.807, 2.05) is 38.1 Å². The van der Waals surface area contributed by atoms with Gasteiger partial charge in [0.2, 0.25) is 0 Å². The van der Waals surface area contributed by atoms with Gasteiger partial charge in [-0.05, 0) is 19.9 Å². The summed E-state index contributed by atoms with van der Waals surface area (Å²) in [6, 6.07) is 7.85. The van der Waals surface area contributed by atoms with E-state index in [-0.39, 0.29) is 0 Å². The molecule has 0 aliphatic rings. The van der Waals surface area contributed by atoms with Crippen LogP contribution in [0.25, 0.3) is 16.9 Å². The first-order valence-corrected chi connectivity index (χ1v) is 5.70. The smallest absolute Gasteiger partial charge is 0.251 e. The molecule has 90 valence electrons. The van der Waals surface area contributed by atoms with Crippen LogP contribution in [0, 0.1) is 13.8 Å².